The molecule has 1 aromatic carbocycles. The topological polar surface area (TPSA) is 54.2 Å². The molecule has 0 bridgehead atoms. The summed E-state index contributed by atoms with van der Waals surface area (Å²) in [7, 11) is 4.20. The molecular weight excluding hydrogens is 248 g/mol. The van der Waals surface area contributed by atoms with E-state index in [2.05, 4.69) is 43.1 Å². The molecule has 0 unspecified atom stereocenters. The molecule has 108 valence electrons. The van der Waals surface area contributed by atoms with Crippen molar-refractivity contribution in [2.24, 2.45) is 5.41 Å². The standard InChI is InChI=1S/C16H24N4/c1-16(2,11-20(3)4)10-19-14-8-7-13(17)12-6-5-9-18-15(12)14/h5-9,19H,10-11,17H2,1-4H3. The molecule has 0 aliphatic carbocycles. The molecule has 2 rings (SSSR count). The SMILES string of the molecule is CN(C)CC(C)(C)CNc1ccc(N)c2cccnc12. The van der Waals surface area contributed by atoms with Crippen LogP contribution in [0.3, 0.4) is 0 Å². The molecule has 0 spiro atoms. The van der Waals surface area contributed by atoms with Crippen LogP contribution in [0.1, 0.15) is 13.8 Å². The molecule has 0 atom stereocenters. The highest BCUT2D eigenvalue weighted by Crippen LogP contribution is 2.27. The van der Waals surface area contributed by atoms with E-state index in [4.69, 9.17) is 5.73 Å². The van der Waals surface area contributed by atoms with Crippen LogP contribution in [0, 0.1) is 5.41 Å². The maximum absolute atomic E-state index is 6.00. The summed E-state index contributed by atoms with van der Waals surface area (Å²) in [5, 5.41) is 4.52. The van der Waals surface area contributed by atoms with E-state index in [-0.39, 0.29) is 5.41 Å². The Morgan fingerprint density at radius 2 is 2.00 bits per heavy atom. The lowest BCUT2D eigenvalue weighted by atomic mass is 9.93. The fourth-order valence-corrected chi connectivity index (χ4v) is 2.58. The van der Waals surface area contributed by atoms with E-state index in [0.29, 0.717) is 0 Å². The third kappa shape index (κ3) is 3.39. The minimum Gasteiger partial charge on any atom is -0.398 e. The summed E-state index contributed by atoms with van der Waals surface area (Å²) in [6, 6.07) is 7.87. The molecule has 1 heterocycles. The van der Waals surface area contributed by atoms with E-state index in [0.717, 1.165) is 35.4 Å². The van der Waals surface area contributed by atoms with Gasteiger partial charge in [-0.3, -0.25) is 4.98 Å². The zero-order valence-electron chi connectivity index (χ0n) is 12.8. The zero-order valence-corrected chi connectivity index (χ0v) is 12.8. The summed E-state index contributed by atoms with van der Waals surface area (Å²) in [6.07, 6.45) is 1.80. The number of anilines is 2. The van der Waals surface area contributed by atoms with E-state index in [1.165, 1.54) is 0 Å². The van der Waals surface area contributed by atoms with Crippen molar-refractivity contribution < 1.29 is 0 Å². The van der Waals surface area contributed by atoms with Crippen LogP contribution in [0.15, 0.2) is 30.5 Å². The molecule has 3 N–H and O–H groups in total. The predicted molar refractivity (Wildman–Crippen MR) is 87.0 cm³/mol. The van der Waals surface area contributed by atoms with Gasteiger partial charge >= 0.3 is 0 Å². The highest BCUT2D eigenvalue weighted by molar-refractivity contribution is 5.98. The molecule has 0 aliphatic heterocycles. The van der Waals surface area contributed by atoms with E-state index < -0.39 is 0 Å². The van der Waals surface area contributed by atoms with E-state index in [1.807, 2.05) is 24.3 Å². The second-order valence-corrected chi connectivity index (χ2v) is 6.36. The predicted octanol–water partition coefficient (Wildman–Crippen LogP) is 2.82. The lowest BCUT2D eigenvalue weighted by molar-refractivity contribution is 0.254. The quantitative estimate of drug-likeness (QED) is 0.822. The van der Waals surface area contributed by atoms with Gasteiger partial charge in [0.05, 0.1) is 11.2 Å². The smallest absolute Gasteiger partial charge is 0.0953 e. The molecule has 0 radical (unpaired) electrons. The number of nitrogens with zero attached hydrogens (tertiary/aromatic N) is 2. The molecule has 0 saturated heterocycles. The number of aromatic nitrogens is 1. The first-order valence-electron chi connectivity index (χ1n) is 6.91. The minimum absolute atomic E-state index is 0.186. The number of fused-ring (bicyclic) bond motifs is 1. The second-order valence-electron chi connectivity index (χ2n) is 6.36. The molecule has 1 aromatic heterocycles. The highest BCUT2D eigenvalue weighted by Gasteiger charge is 2.19. The third-order valence-corrected chi connectivity index (χ3v) is 3.31. The van der Waals surface area contributed by atoms with Gasteiger partial charge in [0.2, 0.25) is 0 Å². The molecule has 0 saturated carbocycles. The van der Waals surface area contributed by atoms with Gasteiger partial charge in [-0.2, -0.15) is 0 Å². The molecule has 20 heavy (non-hydrogen) atoms. The van der Waals surface area contributed by atoms with E-state index in [1.54, 1.807) is 6.20 Å². The highest BCUT2D eigenvalue weighted by atomic mass is 15.1. The molecule has 0 fully saturated rings. The maximum atomic E-state index is 6.00. The van der Waals surface area contributed by atoms with Gasteiger partial charge in [0, 0.05) is 30.4 Å². The van der Waals surface area contributed by atoms with Gasteiger partial charge in [-0.1, -0.05) is 13.8 Å². The van der Waals surface area contributed by atoms with Gasteiger partial charge in [-0.15, -0.1) is 0 Å². The van der Waals surface area contributed by atoms with Gasteiger partial charge < -0.3 is 16.0 Å². The number of benzene rings is 1. The molecular formula is C16H24N4. The molecule has 4 heteroatoms. The number of nitrogen functional groups attached to an aromatic ring is 1. The van der Waals surface area contributed by atoms with Gasteiger partial charge in [-0.05, 0) is 43.8 Å². The van der Waals surface area contributed by atoms with Crippen LogP contribution in [0.4, 0.5) is 11.4 Å². The van der Waals surface area contributed by atoms with Gasteiger partial charge in [0.15, 0.2) is 0 Å². The lowest BCUT2D eigenvalue weighted by Gasteiger charge is -2.29. The van der Waals surface area contributed by atoms with Crippen LogP contribution < -0.4 is 11.1 Å². The Kier molecular flexibility index (Phi) is 4.14. The van der Waals surface area contributed by atoms with Crippen molar-refractivity contribution in [3.63, 3.8) is 0 Å². The first kappa shape index (κ1) is 14.6. The normalized spacial score (nSPS) is 12.1. The Bertz CT molecular complexity index is 590. The van der Waals surface area contributed by atoms with Crippen molar-refractivity contribution in [1.82, 2.24) is 9.88 Å². The van der Waals surface area contributed by atoms with Crippen molar-refractivity contribution in [3.8, 4) is 0 Å². The first-order valence-corrected chi connectivity index (χ1v) is 6.91. The number of nitrogens with two attached hydrogens (primary N) is 1. The fraction of sp³-hybridized carbons (Fsp3) is 0.438. The molecule has 0 aliphatic rings. The van der Waals surface area contributed by atoms with Crippen LogP contribution in [0.25, 0.3) is 10.9 Å². The Morgan fingerprint density at radius 1 is 1.25 bits per heavy atom. The average molecular weight is 272 g/mol. The minimum atomic E-state index is 0.186. The van der Waals surface area contributed by atoms with Gasteiger partial charge in [-0.25, -0.2) is 0 Å². The number of rotatable bonds is 5. The van der Waals surface area contributed by atoms with Crippen LogP contribution in [-0.4, -0.2) is 37.1 Å². The first-order chi connectivity index (χ1) is 9.39. The summed E-state index contributed by atoms with van der Waals surface area (Å²) >= 11 is 0. The molecule has 4 nitrogen and oxygen atoms in total. The van der Waals surface area contributed by atoms with Gasteiger partial charge in [0.25, 0.3) is 0 Å². The summed E-state index contributed by atoms with van der Waals surface area (Å²) in [5.74, 6) is 0. The largest absolute Gasteiger partial charge is 0.398 e. The van der Waals surface area contributed by atoms with Crippen LogP contribution in [0.5, 0.6) is 0 Å². The molecule has 2 aromatic rings. The van der Waals surface area contributed by atoms with Crippen molar-refractivity contribution >= 4 is 22.3 Å². The van der Waals surface area contributed by atoms with Crippen molar-refractivity contribution in [2.45, 2.75) is 13.8 Å². The second kappa shape index (κ2) is 5.67. The average Bonchev–Trinajstić information content (AvgIpc) is 2.37. The molecule has 0 amide bonds. The summed E-state index contributed by atoms with van der Waals surface area (Å²) in [4.78, 5) is 6.66. The van der Waals surface area contributed by atoms with Crippen LogP contribution in [0.2, 0.25) is 0 Å². The Labute approximate surface area is 121 Å². The van der Waals surface area contributed by atoms with Crippen LogP contribution in [-0.2, 0) is 0 Å². The Balaban J connectivity index is 2.21. The number of hydrogen-bond donors (Lipinski definition) is 2. The maximum Gasteiger partial charge on any atom is 0.0953 e. The summed E-state index contributed by atoms with van der Waals surface area (Å²) < 4.78 is 0. The van der Waals surface area contributed by atoms with Crippen molar-refractivity contribution in [1.29, 1.82) is 0 Å². The summed E-state index contributed by atoms with van der Waals surface area (Å²) in [6.45, 7) is 6.43. The van der Waals surface area contributed by atoms with Crippen molar-refractivity contribution in [2.75, 3.05) is 38.2 Å². The van der Waals surface area contributed by atoms with Crippen LogP contribution >= 0.6 is 0 Å². The fourth-order valence-electron chi connectivity index (χ4n) is 2.58. The van der Waals surface area contributed by atoms with Gasteiger partial charge in [0.1, 0.15) is 0 Å². The lowest BCUT2D eigenvalue weighted by Crippen LogP contribution is -2.34. The number of pyridine rings is 1. The monoisotopic (exact) mass is 272 g/mol. The Morgan fingerprint density at radius 3 is 2.70 bits per heavy atom. The number of nitrogens with one attached hydrogen (secondary N) is 1. The van der Waals surface area contributed by atoms with E-state index in [9.17, 15) is 0 Å². The Hall–Kier alpha value is -1.81. The van der Waals surface area contributed by atoms with Crippen molar-refractivity contribution in [3.05, 3.63) is 30.5 Å². The zero-order chi connectivity index (χ0) is 14.8. The summed E-state index contributed by atoms with van der Waals surface area (Å²) in [5.41, 5.74) is 8.94. The number of hydrogen-bond acceptors (Lipinski definition) is 4. The van der Waals surface area contributed by atoms with E-state index >= 15 is 0 Å². The third-order valence-electron chi connectivity index (χ3n) is 3.31.